The highest BCUT2D eigenvalue weighted by atomic mass is 19.4. The number of hydrogen-bond donors (Lipinski definition) is 2. The van der Waals surface area contributed by atoms with Crippen molar-refractivity contribution in [1.82, 2.24) is 20.4 Å². The molecule has 2 heterocycles. The van der Waals surface area contributed by atoms with Gasteiger partial charge in [-0.15, -0.1) is 0 Å². The van der Waals surface area contributed by atoms with Gasteiger partial charge in [0.2, 0.25) is 5.91 Å². The highest BCUT2D eigenvalue weighted by Crippen LogP contribution is 2.41. The van der Waals surface area contributed by atoms with Gasteiger partial charge < -0.3 is 15.5 Å². The molecule has 1 aromatic rings. The van der Waals surface area contributed by atoms with Gasteiger partial charge in [0.05, 0.1) is 29.4 Å². The predicted molar refractivity (Wildman–Crippen MR) is 125 cm³/mol. The number of amides is 4. The second kappa shape index (κ2) is 10.3. The Bertz CT molecular complexity index is 1020. The number of carbonyl (C=O) groups excluding carboxylic acids is 3. The first-order valence-corrected chi connectivity index (χ1v) is 11.8. The van der Waals surface area contributed by atoms with Crippen molar-refractivity contribution in [1.29, 1.82) is 0 Å². The van der Waals surface area contributed by atoms with Crippen LogP contribution in [0.25, 0.3) is 0 Å². The van der Waals surface area contributed by atoms with Crippen molar-refractivity contribution >= 4 is 17.8 Å². The zero-order valence-electron chi connectivity index (χ0n) is 20.7. The molecule has 2 atom stereocenters. The van der Waals surface area contributed by atoms with Crippen LogP contribution in [0.3, 0.4) is 0 Å². The molecule has 2 unspecified atom stereocenters. The Balaban J connectivity index is 1.98. The first kappa shape index (κ1) is 26.6. The third kappa shape index (κ3) is 5.62. The molecule has 2 N–H and O–H groups in total. The zero-order valence-corrected chi connectivity index (χ0v) is 20.7. The highest BCUT2D eigenvalue weighted by molar-refractivity contribution is 6.03. The molecule has 0 aromatic heterocycles. The molecule has 0 radical (unpaired) electrons. The van der Waals surface area contributed by atoms with Crippen LogP contribution in [-0.4, -0.2) is 53.8 Å². The highest BCUT2D eigenvalue weighted by Gasteiger charge is 2.48. The Hall–Kier alpha value is -3.04. The van der Waals surface area contributed by atoms with Crippen molar-refractivity contribution in [2.24, 2.45) is 11.8 Å². The van der Waals surface area contributed by atoms with Gasteiger partial charge >= 0.3 is 12.2 Å². The van der Waals surface area contributed by atoms with Crippen molar-refractivity contribution in [2.75, 3.05) is 20.1 Å². The summed E-state index contributed by atoms with van der Waals surface area (Å²) in [5.74, 6) is -0.373. The van der Waals surface area contributed by atoms with E-state index >= 15 is 0 Å². The van der Waals surface area contributed by atoms with E-state index in [2.05, 4.69) is 10.6 Å². The first-order chi connectivity index (χ1) is 16.3. The Morgan fingerprint density at radius 3 is 2.40 bits per heavy atom. The predicted octanol–water partition coefficient (Wildman–Crippen LogP) is 4.07. The molecule has 2 aliphatic heterocycles. The molecule has 10 heteroatoms. The zero-order chi connectivity index (χ0) is 26.1. The number of nitrogens with zero attached hydrogens (tertiary/aromatic N) is 2. The minimum Gasteiger partial charge on any atom is -0.354 e. The molecule has 2 aliphatic rings. The van der Waals surface area contributed by atoms with Crippen LogP contribution < -0.4 is 10.6 Å². The lowest BCUT2D eigenvalue weighted by molar-refractivity contribution is -0.139. The molecule has 0 saturated heterocycles. The fourth-order valence-corrected chi connectivity index (χ4v) is 4.50. The number of nitrogens with one attached hydrogen (secondary N) is 2. The number of carbonyl (C=O) groups is 3. The molecule has 0 saturated carbocycles. The fraction of sp³-hybridized carbons (Fsp3) is 0.560. The van der Waals surface area contributed by atoms with Crippen LogP contribution in [0, 0.1) is 11.8 Å². The fourth-order valence-electron chi connectivity index (χ4n) is 4.50. The van der Waals surface area contributed by atoms with Crippen molar-refractivity contribution in [2.45, 2.75) is 58.8 Å². The minimum atomic E-state index is -4.66. The molecule has 1 aromatic carbocycles. The summed E-state index contributed by atoms with van der Waals surface area (Å²) in [6.07, 6.45) is -3.50. The van der Waals surface area contributed by atoms with E-state index in [4.69, 9.17) is 0 Å². The summed E-state index contributed by atoms with van der Waals surface area (Å²) >= 11 is 0. The van der Waals surface area contributed by atoms with Gasteiger partial charge in [0.15, 0.2) is 0 Å². The molecule has 4 amide bonds. The SMILES string of the molecule is CC(C)CCNC(=O)C(CC(C)C)N1CC2=C(C1=O)C(c1ccccc1C(F)(F)F)NC(=O)N2C. The molecule has 7 nitrogen and oxygen atoms in total. The molecule has 35 heavy (non-hydrogen) atoms. The van der Waals surface area contributed by atoms with Crippen LogP contribution in [0.2, 0.25) is 0 Å². The summed E-state index contributed by atoms with van der Waals surface area (Å²) in [7, 11) is 1.47. The summed E-state index contributed by atoms with van der Waals surface area (Å²) in [6, 6.07) is 2.22. The number of hydrogen-bond acceptors (Lipinski definition) is 3. The van der Waals surface area contributed by atoms with E-state index in [1.165, 1.54) is 35.0 Å². The van der Waals surface area contributed by atoms with Crippen molar-refractivity contribution in [3.63, 3.8) is 0 Å². The minimum absolute atomic E-state index is 0.0300. The van der Waals surface area contributed by atoms with E-state index in [0.717, 1.165) is 12.5 Å². The molecule has 0 aliphatic carbocycles. The third-order valence-electron chi connectivity index (χ3n) is 6.36. The summed E-state index contributed by atoms with van der Waals surface area (Å²) < 4.78 is 41.3. The van der Waals surface area contributed by atoms with Gasteiger partial charge in [-0.25, -0.2) is 4.79 Å². The van der Waals surface area contributed by atoms with E-state index in [-0.39, 0.29) is 29.5 Å². The maximum Gasteiger partial charge on any atom is 0.416 e. The lowest BCUT2D eigenvalue weighted by Gasteiger charge is -2.32. The molecule has 3 rings (SSSR count). The van der Waals surface area contributed by atoms with E-state index in [1.807, 2.05) is 27.7 Å². The van der Waals surface area contributed by atoms with E-state index in [0.29, 0.717) is 24.6 Å². The van der Waals surface area contributed by atoms with Crippen LogP contribution in [-0.2, 0) is 15.8 Å². The number of alkyl halides is 3. The lowest BCUT2D eigenvalue weighted by atomic mass is 9.91. The second-order valence-corrected chi connectivity index (χ2v) is 9.94. The van der Waals surface area contributed by atoms with Gasteiger partial charge in [-0.1, -0.05) is 45.9 Å². The summed E-state index contributed by atoms with van der Waals surface area (Å²) in [6.45, 7) is 8.38. The molecule has 0 spiro atoms. The van der Waals surface area contributed by atoms with Gasteiger partial charge in [0.1, 0.15) is 6.04 Å². The van der Waals surface area contributed by atoms with Gasteiger partial charge in [-0.3, -0.25) is 14.5 Å². The second-order valence-electron chi connectivity index (χ2n) is 9.94. The number of benzene rings is 1. The van der Waals surface area contributed by atoms with Crippen molar-refractivity contribution in [3.05, 3.63) is 46.7 Å². The topological polar surface area (TPSA) is 81.8 Å². The summed E-state index contributed by atoms with van der Waals surface area (Å²) in [4.78, 5) is 42.1. The number of likely N-dealkylation sites (N-methyl/N-ethyl adjacent to an activating group) is 1. The van der Waals surface area contributed by atoms with E-state index in [1.54, 1.807) is 0 Å². The molecule has 0 fully saturated rings. The first-order valence-electron chi connectivity index (χ1n) is 11.8. The molecular weight excluding hydrogens is 461 g/mol. The van der Waals surface area contributed by atoms with Crippen LogP contribution >= 0.6 is 0 Å². The monoisotopic (exact) mass is 494 g/mol. The van der Waals surface area contributed by atoms with Crippen LogP contribution in [0.15, 0.2) is 35.5 Å². The average Bonchev–Trinajstić information content (AvgIpc) is 3.10. The Morgan fingerprint density at radius 1 is 1.14 bits per heavy atom. The standard InChI is InChI=1S/C25H33F3N4O3/c1-14(2)10-11-29-22(33)18(12-15(3)4)32-13-19-20(23(32)34)21(30-24(35)31(19)5)16-8-6-7-9-17(16)25(26,27)28/h6-9,14-15,18,21H,10-13H2,1-5H3,(H,29,33)(H,30,35). The van der Waals surface area contributed by atoms with Gasteiger partial charge in [0, 0.05) is 13.6 Å². The third-order valence-corrected chi connectivity index (χ3v) is 6.36. The number of urea groups is 1. The molecule has 0 bridgehead atoms. The lowest BCUT2D eigenvalue weighted by Crippen LogP contribution is -2.49. The Morgan fingerprint density at radius 2 is 1.80 bits per heavy atom. The van der Waals surface area contributed by atoms with Gasteiger partial charge in [-0.2, -0.15) is 13.2 Å². The average molecular weight is 495 g/mol. The van der Waals surface area contributed by atoms with Gasteiger partial charge in [0.25, 0.3) is 5.91 Å². The van der Waals surface area contributed by atoms with Crippen LogP contribution in [0.4, 0.5) is 18.0 Å². The Kier molecular flexibility index (Phi) is 7.81. The summed E-state index contributed by atoms with van der Waals surface area (Å²) in [5, 5.41) is 5.45. The van der Waals surface area contributed by atoms with Gasteiger partial charge in [-0.05, 0) is 36.3 Å². The number of rotatable bonds is 8. The molecule has 192 valence electrons. The quantitative estimate of drug-likeness (QED) is 0.572. The van der Waals surface area contributed by atoms with Crippen molar-refractivity contribution in [3.8, 4) is 0 Å². The smallest absolute Gasteiger partial charge is 0.354 e. The maximum absolute atomic E-state index is 13.8. The van der Waals surface area contributed by atoms with E-state index in [9.17, 15) is 27.6 Å². The van der Waals surface area contributed by atoms with E-state index < -0.39 is 35.8 Å². The van der Waals surface area contributed by atoms with Crippen molar-refractivity contribution < 1.29 is 27.6 Å². The maximum atomic E-state index is 13.8. The Labute approximate surface area is 203 Å². The normalized spacial score (nSPS) is 19.4. The molecular formula is C25H33F3N4O3. The number of halogens is 3. The summed E-state index contributed by atoms with van der Waals surface area (Å²) in [5.41, 5.74) is -0.749. The van der Waals surface area contributed by atoms with Crippen LogP contribution in [0.5, 0.6) is 0 Å². The van der Waals surface area contributed by atoms with Crippen LogP contribution in [0.1, 0.15) is 57.7 Å². The largest absolute Gasteiger partial charge is 0.416 e.